The Morgan fingerprint density at radius 1 is 0.702 bits per heavy atom. The van der Waals surface area contributed by atoms with E-state index in [1.54, 1.807) is 55.6 Å². The summed E-state index contributed by atoms with van der Waals surface area (Å²) >= 11 is 13.9. The van der Waals surface area contributed by atoms with Gasteiger partial charge in [0.05, 0.1) is 31.9 Å². The summed E-state index contributed by atoms with van der Waals surface area (Å²) in [6.07, 6.45) is 5.04. The maximum Gasteiger partial charge on any atom is 0.254 e. The average molecular weight is 825 g/mol. The van der Waals surface area contributed by atoms with E-state index < -0.39 is 0 Å². The van der Waals surface area contributed by atoms with Crippen molar-refractivity contribution in [2.45, 2.75) is 31.5 Å². The topological polar surface area (TPSA) is 108 Å². The van der Waals surface area contributed by atoms with Crippen molar-refractivity contribution in [3.05, 3.63) is 152 Å². The molecule has 0 saturated carbocycles. The summed E-state index contributed by atoms with van der Waals surface area (Å²) in [5, 5.41) is 5.74. The second-order valence-electron chi connectivity index (χ2n) is 13.6. The molecule has 11 nitrogen and oxygen atoms in total. The molecule has 2 aromatic heterocycles. The van der Waals surface area contributed by atoms with Crippen LogP contribution in [0.25, 0.3) is 0 Å². The summed E-state index contributed by atoms with van der Waals surface area (Å²) in [5.41, 5.74) is 4.05. The van der Waals surface area contributed by atoms with E-state index in [4.69, 9.17) is 47.2 Å². The van der Waals surface area contributed by atoms with Gasteiger partial charge in [-0.3, -0.25) is 14.3 Å². The average Bonchev–Trinajstić information content (AvgIpc) is 3.90. The summed E-state index contributed by atoms with van der Waals surface area (Å²) in [7, 11) is 1.62. The second-order valence-corrected chi connectivity index (χ2v) is 15.4. The van der Waals surface area contributed by atoms with Crippen LogP contribution < -0.4 is 18.9 Å². The Bertz CT molecular complexity index is 2350. The number of rotatable bonds is 13. The van der Waals surface area contributed by atoms with E-state index in [2.05, 4.69) is 4.37 Å². The number of amides is 2. The van der Waals surface area contributed by atoms with E-state index in [1.807, 2.05) is 75.4 Å². The predicted molar refractivity (Wildman–Crippen MR) is 218 cm³/mol. The zero-order chi connectivity index (χ0) is 39.3. The summed E-state index contributed by atoms with van der Waals surface area (Å²) in [6, 6.07) is 28.2. The monoisotopic (exact) mass is 823 g/mol. The highest BCUT2D eigenvalue weighted by Gasteiger charge is 2.35. The molecule has 0 fully saturated rings. The third-order valence-electron chi connectivity index (χ3n) is 10.2. The van der Waals surface area contributed by atoms with Gasteiger partial charge in [0.1, 0.15) is 42.8 Å². The molecule has 4 aromatic carbocycles. The van der Waals surface area contributed by atoms with E-state index in [1.165, 1.54) is 16.4 Å². The van der Waals surface area contributed by atoms with Crippen molar-refractivity contribution in [3.63, 3.8) is 0 Å². The lowest BCUT2D eigenvalue weighted by molar-refractivity contribution is 0.0583. The number of aromatic nitrogens is 3. The van der Waals surface area contributed by atoms with Crippen LogP contribution in [-0.2, 0) is 19.4 Å². The Morgan fingerprint density at radius 2 is 1.25 bits per heavy atom. The van der Waals surface area contributed by atoms with Gasteiger partial charge in [-0.25, -0.2) is 4.37 Å². The number of ether oxygens (including phenoxy) is 4. The number of benzene rings is 4. The third-order valence-corrected chi connectivity index (χ3v) is 11.6. The Kier molecular flexibility index (Phi) is 11.6. The van der Waals surface area contributed by atoms with Gasteiger partial charge in [-0.2, -0.15) is 5.10 Å². The van der Waals surface area contributed by atoms with Gasteiger partial charge in [-0.05, 0) is 96.5 Å². The summed E-state index contributed by atoms with van der Waals surface area (Å²) in [4.78, 5) is 32.2. The molecule has 4 heterocycles. The molecule has 0 N–H and O–H groups in total. The van der Waals surface area contributed by atoms with Gasteiger partial charge in [0.2, 0.25) is 0 Å². The van der Waals surface area contributed by atoms with Gasteiger partial charge < -0.3 is 28.7 Å². The Labute approximate surface area is 344 Å². The maximum atomic E-state index is 13.8. The first-order valence-corrected chi connectivity index (χ1v) is 20.1. The first-order chi connectivity index (χ1) is 27.8. The van der Waals surface area contributed by atoms with Gasteiger partial charge in [0, 0.05) is 75.0 Å². The zero-order valence-corrected chi connectivity index (χ0v) is 33.4. The summed E-state index contributed by atoms with van der Waals surface area (Å²) in [6.45, 7) is 2.46. The molecule has 0 spiro atoms. The number of fused-ring (bicyclic) bond motifs is 2. The number of methoxy groups -OCH3 is 1. The third kappa shape index (κ3) is 8.58. The van der Waals surface area contributed by atoms with Crippen LogP contribution in [0.5, 0.6) is 23.0 Å². The van der Waals surface area contributed by atoms with Crippen molar-refractivity contribution in [1.82, 2.24) is 24.0 Å². The van der Waals surface area contributed by atoms with Crippen molar-refractivity contribution in [1.29, 1.82) is 0 Å². The summed E-state index contributed by atoms with van der Waals surface area (Å²) in [5.74, 6) is 2.54. The first-order valence-electron chi connectivity index (χ1n) is 18.6. The number of carbonyl (C=O) groups excluding carboxylic acids is 2. The molecular formula is C43H39Cl2N5O6S. The number of halogens is 2. The van der Waals surface area contributed by atoms with Crippen molar-refractivity contribution in [2.75, 3.05) is 40.0 Å². The highest BCUT2D eigenvalue weighted by molar-refractivity contribution is 7.05. The zero-order valence-electron chi connectivity index (χ0n) is 31.1. The van der Waals surface area contributed by atoms with Crippen LogP contribution in [0.15, 0.2) is 109 Å². The molecule has 57 heavy (non-hydrogen) atoms. The SMILES string of the molecule is COc1ccc(OCC2c3cnn(CCOc4ccc(OCC5c6cnsc6CCN5C(=O)c5cccc(Cl)c5)cc4)c3CCN2C(=O)c2cccc(Cl)c2)cc1. The molecule has 2 amide bonds. The van der Waals surface area contributed by atoms with Crippen LogP contribution in [0, 0.1) is 0 Å². The highest BCUT2D eigenvalue weighted by Crippen LogP contribution is 2.35. The molecular weight excluding hydrogens is 785 g/mol. The van der Waals surface area contributed by atoms with Crippen LogP contribution in [0.1, 0.15) is 54.5 Å². The molecule has 0 bridgehead atoms. The second kappa shape index (κ2) is 17.3. The number of carbonyl (C=O) groups is 2. The highest BCUT2D eigenvalue weighted by atomic mass is 35.5. The number of hydrogen-bond donors (Lipinski definition) is 0. The van der Waals surface area contributed by atoms with Crippen LogP contribution in [0.2, 0.25) is 10.0 Å². The van der Waals surface area contributed by atoms with Crippen LogP contribution in [0.4, 0.5) is 0 Å². The van der Waals surface area contributed by atoms with E-state index in [9.17, 15) is 9.59 Å². The van der Waals surface area contributed by atoms with Gasteiger partial charge in [-0.15, -0.1) is 0 Å². The normalized spacial score (nSPS) is 16.1. The standard InChI is InChI=1S/C43H39Cl2N5O6S/c1-53-32-8-10-34(11-9-32)55-26-39-36-24-46-50(38(36)16-18-48(39)42(51)28-4-2-6-30(44)22-28)20-21-54-33-12-14-35(15-13-33)56-27-40-37-25-47-57-41(37)17-19-49(40)43(52)29-5-3-7-31(45)23-29/h2-15,22-25,39-40H,16-21,26-27H2,1H3. The molecule has 0 radical (unpaired) electrons. The molecule has 2 aliphatic rings. The van der Waals surface area contributed by atoms with E-state index in [-0.39, 0.29) is 37.1 Å². The molecule has 6 aromatic rings. The van der Waals surface area contributed by atoms with Crippen molar-refractivity contribution < 1.29 is 28.5 Å². The van der Waals surface area contributed by atoms with E-state index >= 15 is 0 Å². The molecule has 0 aliphatic carbocycles. The Balaban J connectivity index is 0.905. The van der Waals surface area contributed by atoms with Crippen molar-refractivity contribution in [3.8, 4) is 23.0 Å². The van der Waals surface area contributed by atoms with Crippen LogP contribution >= 0.6 is 34.7 Å². The van der Waals surface area contributed by atoms with Gasteiger partial charge in [0.25, 0.3) is 11.8 Å². The number of nitrogens with zero attached hydrogens (tertiary/aromatic N) is 5. The van der Waals surface area contributed by atoms with Gasteiger partial charge in [-0.1, -0.05) is 35.3 Å². The lowest BCUT2D eigenvalue weighted by atomic mass is 9.98. The fraction of sp³-hybridized carbons (Fsp3) is 0.256. The fourth-order valence-corrected chi connectivity index (χ4v) is 8.47. The summed E-state index contributed by atoms with van der Waals surface area (Å²) < 4.78 is 30.3. The van der Waals surface area contributed by atoms with Crippen LogP contribution in [-0.4, -0.2) is 75.8 Å². The molecule has 2 atom stereocenters. The molecule has 292 valence electrons. The van der Waals surface area contributed by atoms with E-state index in [0.29, 0.717) is 71.1 Å². The minimum absolute atomic E-state index is 0.0917. The quantitative estimate of drug-likeness (QED) is 0.114. The molecule has 0 saturated heterocycles. The molecule has 2 aliphatic heterocycles. The lowest BCUT2D eigenvalue weighted by Gasteiger charge is -2.36. The maximum absolute atomic E-state index is 13.8. The fourth-order valence-electron chi connectivity index (χ4n) is 7.32. The first kappa shape index (κ1) is 38.3. The Morgan fingerprint density at radius 3 is 1.82 bits per heavy atom. The van der Waals surface area contributed by atoms with Crippen molar-refractivity contribution >= 4 is 46.5 Å². The van der Waals surface area contributed by atoms with Gasteiger partial charge >= 0.3 is 0 Å². The minimum Gasteiger partial charge on any atom is -0.497 e. The Hall–Kier alpha value is -5.56. The molecule has 2 unspecified atom stereocenters. The van der Waals surface area contributed by atoms with Crippen molar-refractivity contribution in [2.24, 2.45) is 0 Å². The predicted octanol–water partition coefficient (Wildman–Crippen LogP) is 8.37. The molecule has 14 heteroatoms. The minimum atomic E-state index is -0.372. The lowest BCUT2D eigenvalue weighted by Crippen LogP contribution is -2.42. The number of hydrogen-bond acceptors (Lipinski definition) is 9. The molecule has 8 rings (SSSR count). The van der Waals surface area contributed by atoms with Crippen LogP contribution in [0.3, 0.4) is 0 Å². The smallest absolute Gasteiger partial charge is 0.254 e. The van der Waals surface area contributed by atoms with E-state index in [0.717, 1.165) is 29.0 Å². The van der Waals surface area contributed by atoms with Gasteiger partial charge in [0.15, 0.2) is 0 Å². The largest absolute Gasteiger partial charge is 0.497 e.